The first-order chi connectivity index (χ1) is 7.33. The Morgan fingerprint density at radius 2 is 1.94 bits per heavy atom. The fourth-order valence-corrected chi connectivity index (χ4v) is 2.63. The zero-order valence-corrected chi connectivity index (χ0v) is 10.9. The number of rotatable bonds is 0. The highest BCUT2D eigenvalue weighted by Crippen LogP contribution is 2.42. The quantitative estimate of drug-likeness (QED) is 0.755. The van der Waals surface area contributed by atoms with Crippen LogP contribution in [0.25, 0.3) is 0 Å². The lowest BCUT2D eigenvalue weighted by atomic mass is 9.74. The monoisotopic (exact) mass is 275 g/mol. The van der Waals surface area contributed by atoms with Gasteiger partial charge in [-0.05, 0) is 37.6 Å². The number of anilines is 1. The molecule has 17 heavy (non-hydrogen) atoms. The highest BCUT2D eigenvalue weighted by Gasteiger charge is 2.46. The molecule has 1 aromatic heterocycles. The maximum Gasteiger partial charge on any atom is 0.235 e. The van der Waals surface area contributed by atoms with Gasteiger partial charge in [-0.25, -0.2) is 0 Å². The van der Waals surface area contributed by atoms with E-state index in [4.69, 9.17) is 0 Å². The molecule has 2 aliphatic heterocycles. The van der Waals surface area contributed by atoms with Crippen LogP contribution in [0.4, 0.5) is 5.69 Å². The van der Waals surface area contributed by atoms with Crippen molar-refractivity contribution in [2.24, 2.45) is 0 Å². The molecule has 3 heterocycles. The Hall–Kier alpha value is -0.840. The maximum absolute atomic E-state index is 12.0. The van der Waals surface area contributed by atoms with E-state index in [0.717, 1.165) is 37.2 Å². The maximum atomic E-state index is 12.0. The van der Waals surface area contributed by atoms with Gasteiger partial charge < -0.3 is 10.6 Å². The number of aromatic nitrogens is 1. The van der Waals surface area contributed by atoms with E-state index in [2.05, 4.69) is 15.6 Å². The largest absolute Gasteiger partial charge is 0.324 e. The molecule has 0 aromatic carbocycles. The van der Waals surface area contributed by atoms with Gasteiger partial charge in [0.2, 0.25) is 5.91 Å². The molecule has 1 aromatic rings. The van der Waals surface area contributed by atoms with Gasteiger partial charge >= 0.3 is 0 Å². The highest BCUT2D eigenvalue weighted by atomic mass is 35.5. The first-order valence-electron chi connectivity index (χ1n) is 5.30. The number of piperidine rings is 1. The van der Waals surface area contributed by atoms with Crippen molar-refractivity contribution in [2.75, 3.05) is 18.4 Å². The molecule has 4 nitrogen and oxygen atoms in total. The summed E-state index contributed by atoms with van der Waals surface area (Å²) in [6.07, 6.45) is 5.28. The van der Waals surface area contributed by atoms with Gasteiger partial charge in [0.1, 0.15) is 0 Å². The summed E-state index contributed by atoms with van der Waals surface area (Å²) in [5, 5.41) is 6.22. The summed E-state index contributed by atoms with van der Waals surface area (Å²) in [5.41, 5.74) is 1.73. The van der Waals surface area contributed by atoms with Crippen molar-refractivity contribution >= 4 is 36.4 Å². The van der Waals surface area contributed by atoms with Crippen LogP contribution in [-0.4, -0.2) is 24.0 Å². The minimum atomic E-state index is -0.288. The third-order valence-corrected chi connectivity index (χ3v) is 3.48. The SMILES string of the molecule is Cl.Cl.O=C1Nc2cnccc2C12CCNCC2. The van der Waals surface area contributed by atoms with E-state index in [1.54, 1.807) is 12.4 Å². The molecule has 1 fully saturated rings. The van der Waals surface area contributed by atoms with Crippen molar-refractivity contribution in [3.05, 3.63) is 24.0 Å². The fourth-order valence-electron chi connectivity index (χ4n) is 2.63. The van der Waals surface area contributed by atoms with Gasteiger partial charge in [-0.15, -0.1) is 24.8 Å². The Morgan fingerprint density at radius 1 is 1.24 bits per heavy atom. The van der Waals surface area contributed by atoms with E-state index in [-0.39, 0.29) is 36.1 Å². The van der Waals surface area contributed by atoms with E-state index < -0.39 is 0 Å². The Kier molecular flexibility index (Phi) is 4.36. The number of fused-ring (bicyclic) bond motifs is 2. The second kappa shape index (κ2) is 5.21. The number of hydrogen-bond acceptors (Lipinski definition) is 3. The molecular weight excluding hydrogens is 261 g/mol. The molecule has 0 aliphatic carbocycles. The minimum Gasteiger partial charge on any atom is -0.324 e. The molecule has 1 amide bonds. The van der Waals surface area contributed by atoms with Gasteiger partial charge in [0.15, 0.2) is 0 Å². The third-order valence-electron chi connectivity index (χ3n) is 3.48. The number of carbonyl (C=O) groups excluding carboxylic acids is 1. The average molecular weight is 276 g/mol. The molecule has 3 rings (SSSR count). The normalized spacial score (nSPS) is 19.9. The molecular formula is C11H15Cl2N3O. The number of amides is 1. The standard InChI is InChI=1S/C11H13N3O.2ClH/c15-10-11(2-5-12-6-3-11)8-1-4-13-7-9(8)14-10;;/h1,4,7,12H,2-3,5-6H2,(H,14,15);2*1H. The van der Waals surface area contributed by atoms with Crippen LogP contribution in [0.1, 0.15) is 18.4 Å². The number of nitrogens with one attached hydrogen (secondary N) is 2. The van der Waals surface area contributed by atoms with E-state index >= 15 is 0 Å². The van der Waals surface area contributed by atoms with Crippen molar-refractivity contribution in [3.63, 3.8) is 0 Å². The van der Waals surface area contributed by atoms with Crippen LogP contribution in [0, 0.1) is 0 Å². The van der Waals surface area contributed by atoms with E-state index in [1.807, 2.05) is 6.07 Å². The van der Waals surface area contributed by atoms with Gasteiger partial charge in [0.25, 0.3) is 0 Å². The van der Waals surface area contributed by atoms with Crippen LogP contribution in [-0.2, 0) is 10.2 Å². The van der Waals surface area contributed by atoms with Crippen molar-refractivity contribution < 1.29 is 4.79 Å². The molecule has 94 valence electrons. The van der Waals surface area contributed by atoms with E-state index in [9.17, 15) is 4.79 Å². The van der Waals surface area contributed by atoms with Crippen LogP contribution in [0.3, 0.4) is 0 Å². The average Bonchev–Trinajstić information content (AvgIpc) is 2.55. The first kappa shape index (κ1) is 14.2. The summed E-state index contributed by atoms with van der Waals surface area (Å²) in [6.45, 7) is 1.82. The summed E-state index contributed by atoms with van der Waals surface area (Å²) in [4.78, 5) is 16.1. The Labute approximate surface area is 112 Å². The van der Waals surface area contributed by atoms with Crippen molar-refractivity contribution in [2.45, 2.75) is 18.3 Å². The zero-order valence-electron chi connectivity index (χ0n) is 9.23. The van der Waals surface area contributed by atoms with Crippen molar-refractivity contribution in [1.29, 1.82) is 0 Å². The van der Waals surface area contributed by atoms with Gasteiger partial charge in [-0.1, -0.05) is 0 Å². The minimum absolute atomic E-state index is 0. The lowest BCUT2D eigenvalue weighted by molar-refractivity contribution is -0.121. The molecule has 0 radical (unpaired) electrons. The number of carbonyl (C=O) groups is 1. The second-order valence-corrected chi connectivity index (χ2v) is 4.21. The van der Waals surface area contributed by atoms with Gasteiger partial charge in [0, 0.05) is 6.20 Å². The molecule has 2 N–H and O–H groups in total. The molecule has 0 unspecified atom stereocenters. The van der Waals surface area contributed by atoms with Gasteiger partial charge in [-0.3, -0.25) is 9.78 Å². The van der Waals surface area contributed by atoms with E-state index in [0.29, 0.717) is 0 Å². The summed E-state index contributed by atoms with van der Waals surface area (Å²) in [5.74, 6) is 0.145. The summed E-state index contributed by atoms with van der Waals surface area (Å²) >= 11 is 0. The van der Waals surface area contributed by atoms with Crippen LogP contribution in [0.2, 0.25) is 0 Å². The van der Waals surface area contributed by atoms with Gasteiger partial charge in [-0.2, -0.15) is 0 Å². The lowest BCUT2D eigenvalue weighted by Crippen LogP contribution is -2.44. The number of nitrogens with zero attached hydrogens (tertiary/aromatic N) is 1. The van der Waals surface area contributed by atoms with E-state index in [1.165, 1.54) is 0 Å². The Bertz CT molecular complexity index is 419. The highest BCUT2D eigenvalue weighted by molar-refractivity contribution is 6.06. The first-order valence-corrected chi connectivity index (χ1v) is 5.30. The van der Waals surface area contributed by atoms with Crippen LogP contribution in [0.5, 0.6) is 0 Å². The number of pyridine rings is 1. The predicted octanol–water partition coefficient (Wildman–Crippen LogP) is 1.50. The Balaban J connectivity index is 0.000000722. The van der Waals surface area contributed by atoms with Gasteiger partial charge in [0.05, 0.1) is 17.3 Å². The van der Waals surface area contributed by atoms with Crippen molar-refractivity contribution in [3.8, 4) is 0 Å². The predicted molar refractivity (Wildman–Crippen MR) is 71.1 cm³/mol. The molecule has 1 spiro atoms. The molecule has 2 aliphatic rings. The number of hydrogen-bond donors (Lipinski definition) is 2. The lowest BCUT2D eigenvalue weighted by Gasteiger charge is -2.31. The summed E-state index contributed by atoms with van der Waals surface area (Å²) < 4.78 is 0. The molecule has 6 heteroatoms. The zero-order chi connectivity index (χ0) is 10.3. The van der Waals surface area contributed by atoms with Crippen LogP contribution < -0.4 is 10.6 Å². The molecule has 0 atom stereocenters. The topological polar surface area (TPSA) is 54.0 Å². The van der Waals surface area contributed by atoms with Crippen LogP contribution >= 0.6 is 24.8 Å². The van der Waals surface area contributed by atoms with Crippen LogP contribution in [0.15, 0.2) is 18.5 Å². The summed E-state index contributed by atoms with van der Waals surface area (Å²) in [6, 6.07) is 1.97. The second-order valence-electron chi connectivity index (χ2n) is 4.21. The molecule has 1 saturated heterocycles. The Morgan fingerprint density at radius 3 is 2.65 bits per heavy atom. The third kappa shape index (κ3) is 2.01. The fraction of sp³-hybridized carbons (Fsp3) is 0.455. The molecule has 0 saturated carbocycles. The number of halogens is 2. The van der Waals surface area contributed by atoms with Crippen molar-refractivity contribution in [1.82, 2.24) is 10.3 Å². The summed E-state index contributed by atoms with van der Waals surface area (Å²) in [7, 11) is 0. The smallest absolute Gasteiger partial charge is 0.235 e. The molecule has 0 bridgehead atoms.